The van der Waals surface area contributed by atoms with Crippen molar-refractivity contribution in [2.45, 2.75) is 13.0 Å². The Labute approximate surface area is 104 Å². The van der Waals surface area contributed by atoms with Crippen LogP contribution in [0, 0.1) is 6.92 Å². The van der Waals surface area contributed by atoms with Crippen molar-refractivity contribution >= 4 is 0 Å². The molecule has 6 nitrogen and oxygen atoms in total. The van der Waals surface area contributed by atoms with Gasteiger partial charge in [0, 0.05) is 24.5 Å². The highest BCUT2D eigenvalue weighted by atomic mass is 16.5. The summed E-state index contributed by atoms with van der Waals surface area (Å²) < 4.78 is 10.7. The smallest absolute Gasteiger partial charge is 0.246 e. The van der Waals surface area contributed by atoms with Crippen LogP contribution in [0.4, 0.5) is 0 Å². The second kappa shape index (κ2) is 4.83. The van der Waals surface area contributed by atoms with Gasteiger partial charge in [-0.05, 0) is 18.6 Å². The minimum Gasteiger partial charge on any atom is -0.378 e. The van der Waals surface area contributed by atoms with Crippen LogP contribution in [0.3, 0.4) is 0 Å². The van der Waals surface area contributed by atoms with Crippen molar-refractivity contribution in [3.05, 3.63) is 29.9 Å². The second-order valence-electron chi connectivity index (χ2n) is 4.23. The first kappa shape index (κ1) is 11.3. The molecule has 2 aromatic rings. The lowest BCUT2D eigenvalue weighted by molar-refractivity contribution is 0.0659. The van der Waals surface area contributed by atoms with Crippen LogP contribution in [0.25, 0.3) is 11.4 Å². The Bertz CT molecular complexity index is 534. The maximum atomic E-state index is 5.37. The van der Waals surface area contributed by atoms with E-state index >= 15 is 0 Å². The number of hydrogen-bond donors (Lipinski definition) is 1. The molecule has 1 atom stereocenters. The maximum Gasteiger partial charge on any atom is 0.246 e. The number of aromatic nitrogens is 3. The van der Waals surface area contributed by atoms with E-state index in [0.717, 1.165) is 24.3 Å². The first-order valence-electron chi connectivity index (χ1n) is 5.90. The van der Waals surface area contributed by atoms with Gasteiger partial charge in [-0.3, -0.25) is 4.98 Å². The molecule has 1 aliphatic heterocycles. The van der Waals surface area contributed by atoms with Crippen LogP contribution in [-0.4, -0.2) is 34.9 Å². The molecule has 1 N–H and O–H groups in total. The summed E-state index contributed by atoms with van der Waals surface area (Å²) in [5.74, 6) is 1.14. The van der Waals surface area contributed by atoms with E-state index in [0.29, 0.717) is 18.3 Å². The second-order valence-corrected chi connectivity index (χ2v) is 4.23. The molecule has 0 radical (unpaired) electrons. The number of pyridine rings is 1. The fourth-order valence-corrected chi connectivity index (χ4v) is 1.91. The van der Waals surface area contributed by atoms with Gasteiger partial charge >= 0.3 is 0 Å². The average molecular weight is 246 g/mol. The van der Waals surface area contributed by atoms with Gasteiger partial charge in [-0.15, -0.1) is 0 Å². The first-order chi connectivity index (χ1) is 8.84. The van der Waals surface area contributed by atoms with Gasteiger partial charge in [0.05, 0.1) is 13.2 Å². The number of rotatable bonds is 2. The summed E-state index contributed by atoms with van der Waals surface area (Å²) in [6.07, 6.45) is 3.49. The van der Waals surface area contributed by atoms with Gasteiger partial charge in [0.25, 0.3) is 0 Å². The lowest BCUT2D eigenvalue weighted by Gasteiger charge is -2.20. The van der Waals surface area contributed by atoms with E-state index in [-0.39, 0.29) is 6.04 Å². The van der Waals surface area contributed by atoms with E-state index in [1.54, 1.807) is 12.4 Å². The zero-order chi connectivity index (χ0) is 12.4. The van der Waals surface area contributed by atoms with Crippen molar-refractivity contribution in [2.24, 2.45) is 0 Å². The molecule has 1 unspecified atom stereocenters. The third-order valence-corrected chi connectivity index (χ3v) is 2.94. The van der Waals surface area contributed by atoms with Gasteiger partial charge < -0.3 is 14.6 Å². The topological polar surface area (TPSA) is 73.1 Å². The van der Waals surface area contributed by atoms with Crippen molar-refractivity contribution in [1.29, 1.82) is 0 Å². The summed E-state index contributed by atoms with van der Waals surface area (Å²) in [4.78, 5) is 8.49. The third-order valence-electron chi connectivity index (χ3n) is 2.94. The lowest BCUT2D eigenvalue weighted by Crippen LogP contribution is -2.34. The average Bonchev–Trinajstić information content (AvgIpc) is 2.90. The molecule has 94 valence electrons. The Balaban J connectivity index is 1.87. The molecule has 2 aromatic heterocycles. The lowest BCUT2D eigenvalue weighted by atomic mass is 10.1. The van der Waals surface area contributed by atoms with Gasteiger partial charge in [0.1, 0.15) is 6.04 Å². The van der Waals surface area contributed by atoms with Gasteiger partial charge in [0.2, 0.25) is 11.7 Å². The van der Waals surface area contributed by atoms with Crippen LogP contribution in [0.1, 0.15) is 17.5 Å². The molecule has 18 heavy (non-hydrogen) atoms. The van der Waals surface area contributed by atoms with Crippen LogP contribution in [0.5, 0.6) is 0 Å². The first-order valence-corrected chi connectivity index (χ1v) is 5.90. The molecular formula is C12H14N4O2. The van der Waals surface area contributed by atoms with E-state index in [1.807, 2.05) is 13.0 Å². The van der Waals surface area contributed by atoms with E-state index in [1.165, 1.54) is 0 Å². The quantitative estimate of drug-likeness (QED) is 0.855. The van der Waals surface area contributed by atoms with Crippen LogP contribution < -0.4 is 5.32 Å². The summed E-state index contributed by atoms with van der Waals surface area (Å²) >= 11 is 0. The Kier molecular flexibility index (Phi) is 3.04. The Morgan fingerprint density at radius 3 is 3.17 bits per heavy atom. The van der Waals surface area contributed by atoms with E-state index in [9.17, 15) is 0 Å². The largest absolute Gasteiger partial charge is 0.378 e. The molecule has 3 heterocycles. The molecule has 0 bridgehead atoms. The molecule has 0 spiro atoms. The Morgan fingerprint density at radius 2 is 2.39 bits per heavy atom. The minimum absolute atomic E-state index is 0.0167. The number of morpholine rings is 1. The number of ether oxygens (including phenoxy) is 1. The monoisotopic (exact) mass is 246 g/mol. The minimum atomic E-state index is -0.0167. The van der Waals surface area contributed by atoms with Gasteiger partial charge in [-0.25, -0.2) is 0 Å². The molecular weight excluding hydrogens is 232 g/mol. The highest BCUT2D eigenvalue weighted by Gasteiger charge is 2.22. The van der Waals surface area contributed by atoms with E-state index < -0.39 is 0 Å². The molecule has 1 aliphatic rings. The van der Waals surface area contributed by atoms with Gasteiger partial charge in [0.15, 0.2) is 0 Å². The number of hydrogen-bond acceptors (Lipinski definition) is 6. The van der Waals surface area contributed by atoms with Crippen molar-refractivity contribution in [2.75, 3.05) is 19.8 Å². The van der Waals surface area contributed by atoms with E-state index in [4.69, 9.17) is 9.26 Å². The summed E-state index contributed by atoms with van der Waals surface area (Å²) in [5, 5.41) is 7.28. The predicted molar refractivity (Wildman–Crippen MR) is 63.8 cm³/mol. The summed E-state index contributed by atoms with van der Waals surface area (Å²) in [6, 6.07) is 1.91. The highest BCUT2D eigenvalue weighted by molar-refractivity contribution is 5.57. The predicted octanol–water partition coefficient (Wildman–Crippen LogP) is 1.10. The zero-order valence-electron chi connectivity index (χ0n) is 10.1. The molecule has 1 fully saturated rings. The van der Waals surface area contributed by atoms with Gasteiger partial charge in [-0.2, -0.15) is 4.98 Å². The normalized spacial score (nSPS) is 19.9. The molecule has 3 rings (SSSR count). The summed E-state index contributed by atoms with van der Waals surface area (Å²) in [7, 11) is 0. The summed E-state index contributed by atoms with van der Waals surface area (Å²) in [5.41, 5.74) is 1.97. The fraction of sp³-hybridized carbons (Fsp3) is 0.417. The standard InChI is InChI=1S/C12H14N4O2/c1-8-2-3-13-6-9(8)11-15-12(18-16-11)10-7-17-5-4-14-10/h2-3,6,10,14H,4-5,7H2,1H3. The highest BCUT2D eigenvalue weighted by Crippen LogP contribution is 2.21. The molecule has 6 heteroatoms. The Hall–Kier alpha value is -1.79. The maximum absolute atomic E-state index is 5.37. The molecule has 0 aliphatic carbocycles. The van der Waals surface area contributed by atoms with Crippen molar-refractivity contribution in [1.82, 2.24) is 20.4 Å². The number of nitrogens with one attached hydrogen (secondary N) is 1. The fourth-order valence-electron chi connectivity index (χ4n) is 1.91. The van der Waals surface area contributed by atoms with Crippen LogP contribution in [-0.2, 0) is 4.74 Å². The van der Waals surface area contributed by atoms with Crippen molar-refractivity contribution in [3.63, 3.8) is 0 Å². The van der Waals surface area contributed by atoms with Crippen LogP contribution in [0.2, 0.25) is 0 Å². The van der Waals surface area contributed by atoms with Crippen LogP contribution >= 0.6 is 0 Å². The van der Waals surface area contributed by atoms with Crippen molar-refractivity contribution < 1.29 is 9.26 Å². The molecule has 0 saturated carbocycles. The zero-order valence-corrected chi connectivity index (χ0v) is 10.1. The Morgan fingerprint density at radius 1 is 1.44 bits per heavy atom. The molecule has 0 aromatic carbocycles. The summed E-state index contributed by atoms with van der Waals surface area (Å²) in [6.45, 7) is 4.08. The van der Waals surface area contributed by atoms with Crippen LogP contribution in [0.15, 0.2) is 23.0 Å². The molecule has 0 amide bonds. The van der Waals surface area contributed by atoms with Gasteiger partial charge in [-0.1, -0.05) is 5.16 Å². The molecule has 1 saturated heterocycles. The van der Waals surface area contributed by atoms with E-state index in [2.05, 4.69) is 20.4 Å². The number of aryl methyl sites for hydroxylation is 1. The number of nitrogens with zero attached hydrogens (tertiary/aromatic N) is 3. The third kappa shape index (κ3) is 2.12. The SMILES string of the molecule is Cc1ccncc1-c1noc(C2COCCN2)n1. The van der Waals surface area contributed by atoms with Crippen molar-refractivity contribution in [3.8, 4) is 11.4 Å².